The van der Waals surface area contributed by atoms with Gasteiger partial charge in [0.25, 0.3) is 0 Å². The standard InChI is InChI=1S/C28H20ClF3N8O/c29-21-8-18(7-20-24(16(10-33)11-34-26(20)21)37-19-9-22(31)27(32)35-12-19)36-25(15-1-3-17(30)4-2-15)23-13-40(39-38-23)14-28(41)5-6-28/h1-4,7-9,11-13,25,36,41H,5-6,14H2,(H,34,37)/t25-/m0/s1. The Labute approximate surface area is 236 Å². The number of benzene rings is 2. The van der Waals surface area contributed by atoms with Gasteiger partial charge in [-0.05, 0) is 42.7 Å². The van der Waals surface area contributed by atoms with Gasteiger partial charge in [0.15, 0.2) is 5.82 Å². The molecule has 1 saturated carbocycles. The summed E-state index contributed by atoms with van der Waals surface area (Å²) in [5, 5.41) is 35.5. The lowest BCUT2D eigenvalue weighted by molar-refractivity contribution is 0.124. The number of hydrogen-bond acceptors (Lipinski definition) is 8. The molecule has 0 amide bonds. The maximum absolute atomic E-state index is 13.9. The zero-order valence-electron chi connectivity index (χ0n) is 21.1. The third kappa shape index (κ3) is 5.50. The molecule has 13 heteroatoms. The Balaban J connectivity index is 1.41. The Hall–Kier alpha value is -4.73. The van der Waals surface area contributed by atoms with Gasteiger partial charge in [-0.25, -0.2) is 18.4 Å². The van der Waals surface area contributed by atoms with E-state index in [2.05, 4.69) is 30.9 Å². The van der Waals surface area contributed by atoms with E-state index in [1.807, 2.05) is 6.07 Å². The van der Waals surface area contributed by atoms with Crippen LogP contribution in [-0.4, -0.2) is 35.7 Å². The summed E-state index contributed by atoms with van der Waals surface area (Å²) in [5.41, 5.74) is 1.76. The second-order valence-corrected chi connectivity index (χ2v) is 10.2. The first-order chi connectivity index (χ1) is 19.7. The Bertz CT molecular complexity index is 1820. The number of aromatic nitrogens is 5. The lowest BCUT2D eigenvalue weighted by Crippen LogP contribution is -2.17. The summed E-state index contributed by atoms with van der Waals surface area (Å²) in [4.78, 5) is 7.70. The number of hydrogen-bond donors (Lipinski definition) is 3. The van der Waals surface area contributed by atoms with E-state index in [0.29, 0.717) is 47.2 Å². The first-order valence-corrected chi connectivity index (χ1v) is 12.8. The lowest BCUT2D eigenvalue weighted by Gasteiger charge is -2.20. The van der Waals surface area contributed by atoms with Gasteiger partial charge < -0.3 is 15.7 Å². The molecule has 6 rings (SSSR count). The first-order valence-electron chi connectivity index (χ1n) is 12.5. The molecule has 3 N–H and O–H groups in total. The van der Waals surface area contributed by atoms with Crippen molar-refractivity contribution in [2.75, 3.05) is 10.6 Å². The summed E-state index contributed by atoms with van der Waals surface area (Å²) >= 11 is 6.61. The van der Waals surface area contributed by atoms with Crippen LogP contribution in [0.2, 0.25) is 5.02 Å². The van der Waals surface area contributed by atoms with Crippen molar-refractivity contribution in [3.05, 3.63) is 100 Å². The number of fused-ring (bicyclic) bond motifs is 1. The van der Waals surface area contributed by atoms with Crippen LogP contribution in [0.4, 0.5) is 30.2 Å². The normalized spacial score (nSPS) is 14.4. The molecule has 0 unspecified atom stereocenters. The number of aliphatic hydroxyl groups is 1. The van der Waals surface area contributed by atoms with E-state index in [1.165, 1.54) is 18.3 Å². The van der Waals surface area contributed by atoms with Crippen molar-refractivity contribution >= 4 is 39.6 Å². The van der Waals surface area contributed by atoms with Gasteiger partial charge in [0.05, 0.1) is 58.1 Å². The van der Waals surface area contributed by atoms with Gasteiger partial charge in [-0.2, -0.15) is 9.65 Å². The third-order valence-electron chi connectivity index (χ3n) is 6.76. The maximum atomic E-state index is 13.9. The molecule has 2 aromatic carbocycles. The highest BCUT2D eigenvalue weighted by Crippen LogP contribution is 2.38. The topological polar surface area (TPSA) is 125 Å². The van der Waals surface area contributed by atoms with Crippen LogP contribution in [0, 0.1) is 28.9 Å². The van der Waals surface area contributed by atoms with E-state index in [4.69, 9.17) is 11.6 Å². The Morgan fingerprint density at radius 1 is 1.07 bits per heavy atom. The highest BCUT2D eigenvalue weighted by molar-refractivity contribution is 6.36. The van der Waals surface area contributed by atoms with Crippen LogP contribution >= 0.6 is 11.6 Å². The summed E-state index contributed by atoms with van der Waals surface area (Å²) in [6.07, 6.45) is 5.50. The van der Waals surface area contributed by atoms with Crippen LogP contribution in [0.15, 0.2) is 61.1 Å². The number of rotatable bonds is 8. The molecular formula is C28H20ClF3N8O. The van der Waals surface area contributed by atoms with Crippen LogP contribution in [-0.2, 0) is 6.54 Å². The highest BCUT2D eigenvalue weighted by Gasteiger charge is 2.41. The van der Waals surface area contributed by atoms with Crippen molar-refractivity contribution in [2.24, 2.45) is 0 Å². The van der Waals surface area contributed by atoms with Gasteiger partial charge in [-0.1, -0.05) is 28.9 Å². The molecule has 1 aliphatic rings. The second-order valence-electron chi connectivity index (χ2n) is 9.83. The van der Waals surface area contributed by atoms with Gasteiger partial charge in [0.2, 0.25) is 5.95 Å². The van der Waals surface area contributed by atoms with Crippen LogP contribution < -0.4 is 10.6 Å². The van der Waals surface area contributed by atoms with Crippen molar-refractivity contribution < 1.29 is 18.3 Å². The number of nitrogens with one attached hydrogen (secondary N) is 2. The van der Waals surface area contributed by atoms with Crippen LogP contribution in [0.25, 0.3) is 10.9 Å². The van der Waals surface area contributed by atoms with Gasteiger partial charge in [0.1, 0.15) is 17.6 Å². The molecule has 1 atom stereocenters. The summed E-state index contributed by atoms with van der Waals surface area (Å²) in [7, 11) is 0. The predicted molar refractivity (Wildman–Crippen MR) is 145 cm³/mol. The molecule has 0 saturated heterocycles. The van der Waals surface area contributed by atoms with Gasteiger partial charge in [-0.15, -0.1) is 5.10 Å². The predicted octanol–water partition coefficient (Wildman–Crippen LogP) is 5.63. The van der Waals surface area contributed by atoms with E-state index < -0.39 is 29.2 Å². The SMILES string of the molecule is N#Cc1cnc2c(Cl)cc(N[C@@H](c3ccc(F)cc3)c3cn(CC4(O)CC4)nn3)cc2c1Nc1cnc(F)c(F)c1. The number of halogens is 4. The van der Waals surface area contributed by atoms with E-state index in [0.717, 1.165) is 12.3 Å². The van der Waals surface area contributed by atoms with Crippen molar-refractivity contribution in [3.8, 4) is 6.07 Å². The van der Waals surface area contributed by atoms with Crippen molar-refractivity contribution in [1.82, 2.24) is 25.0 Å². The van der Waals surface area contributed by atoms with Crippen LogP contribution in [0.1, 0.15) is 35.7 Å². The molecule has 0 radical (unpaired) electrons. The van der Waals surface area contributed by atoms with E-state index in [9.17, 15) is 23.5 Å². The van der Waals surface area contributed by atoms with Gasteiger partial charge in [0, 0.05) is 23.3 Å². The summed E-state index contributed by atoms with van der Waals surface area (Å²) in [6.45, 7) is 0.300. The van der Waals surface area contributed by atoms with Crippen LogP contribution in [0.3, 0.4) is 0 Å². The fourth-order valence-electron chi connectivity index (χ4n) is 4.47. The smallest absolute Gasteiger partial charge is 0.249 e. The number of nitrogens with zero attached hydrogens (tertiary/aromatic N) is 6. The van der Waals surface area contributed by atoms with E-state index >= 15 is 0 Å². The van der Waals surface area contributed by atoms with E-state index in [1.54, 1.807) is 35.1 Å². The molecule has 1 aliphatic carbocycles. The molecule has 0 aliphatic heterocycles. The van der Waals surface area contributed by atoms with Crippen LogP contribution in [0.5, 0.6) is 0 Å². The fourth-order valence-corrected chi connectivity index (χ4v) is 4.74. The average Bonchev–Trinajstić information content (AvgIpc) is 3.50. The second kappa shape index (κ2) is 10.3. The summed E-state index contributed by atoms with van der Waals surface area (Å²) in [5.74, 6) is -2.81. The zero-order chi connectivity index (χ0) is 28.7. The minimum absolute atomic E-state index is 0.112. The lowest BCUT2D eigenvalue weighted by atomic mass is 10.0. The first kappa shape index (κ1) is 26.5. The minimum Gasteiger partial charge on any atom is -0.388 e. The van der Waals surface area contributed by atoms with E-state index in [-0.39, 0.29) is 22.0 Å². The van der Waals surface area contributed by atoms with Crippen molar-refractivity contribution in [2.45, 2.75) is 31.0 Å². The molecule has 3 aromatic heterocycles. The molecule has 0 spiro atoms. The molecule has 9 nitrogen and oxygen atoms in total. The zero-order valence-corrected chi connectivity index (χ0v) is 21.9. The summed E-state index contributed by atoms with van der Waals surface area (Å²) < 4.78 is 42.6. The Morgan fingerprint density at radius 3 is 2.56 bits per heavy atom. The molecule has 3 heterocycles. The van der Waals surface area contributed by atoms with Gasteiger partial charge in [-0.3, -0.25) is 4.98 Å². The summed E-state index contributed by atoms with van der Waals surface area (Å²) in [6, 6.07) is 11.6. The quantitative estimate of drug-likeness (QED) is 0.203. The third-order valence-corrected chi connectivity index (χ3v) is 7.05. The number of anilines is 3. The molecular weight excluding hydrogens is 557 g/mol. The van der Waals surface area contributed by atoms with Crippen molar-refractivity contribution in [3.63, 3.8) is 0 Å². The molecule has 5 aromatic rings. The van der Waals surface area contributed by atoms with Gasteiger partial charge >= 0.3 is 0 Å². The molecule has 1 fully saturated rings. The molecule has 206 valence electrons. The monoisotopic (exact) mass is 576 g/mol. The average molecular weight is 577 g/mol. The minimum atomic E-state index is -1.25. The highest BCUT2D eigenvalue weighted by atomic mass is 35.5. The maximum Gasteiger partial charge on any atom is 0.249 e. The molecule has 0 bridgehead atoms. The Morgan fingerprint density at radius 2 is 1.85 bits per heavy atom. The number of nitriles is 1. The fraction of sp³-hybridized carbons (Fsp3) is 0.179. The Kier molecular flexibility index (Phi) is 6.69. The number of pyridine rings is 2. The molecule has 41 heavy (non-hydrogen) atoms. The largest absolute Gasteiger partial charge is 0.388 e. The van der Waals surface area contributed by atoms with Crippen molar-refractivity contribution in [1.29, 1.82) is 5.26 Å².